The summed E-state index contributed by atoms with van der Waals surface area (Å²) in [4.78, 5) is 0. The van der Waals surface area contributed by atoms with Gasteiger partial charge < -0.3 is 25.4 Å². The molecule has 0 aromatic carbocycles. The van der Waals surface area contributed by atoms with Crippen LogP contribution >= 0.6 is 0 Å². The summed E-state index contributed by atoms with van der Waals surface area (Å²) in [6.07, 6.45) is -0.692. The Bertz CT molecular complexity index is 172. The first-order valence-corrected chi connectivity index (χ1v) is 5.42. The molecule has 1 rings (SSSR count). The highest BCUT2D eigenvalue weighted by Crippen LogP contribution is 2.28. The Kier molecular flexibility index (Phi) is 4.95. The molecular weight excluding hydrogens is 198 g/mol. The van der Waals surface area contributed by atoms with E-state index < -0.39 is 12.2 Å². The summed E-state index contributed by atoms with van der Waals surface area (Å²) in [5.74, 6) is -0.0877. The zero-order valence-corrected chi connectivity index (χ0v) is 9.26. The summed E-state index contributed by atoms with van der Waals surface area (Å²) < 4.78 is 5.54. The highest BCUT2D eigenvalue weighted by atomic mass is 16.5. The molecule has 0 saturated carbocycles. The molecular formula is C10H21NO4. The van der Waals surface area contributed by atoms with Gasteiger partial charge in [-0.25, -0.2) is 0 Å². The van der Waals surface area contributed by atoms with Crippen molar-refractivity contribution in [3.8, 4) is 0 Å². The number of hydrogen-bond acceptors (Lipinski definition) is 5. The number of aliphatic hydroxyl groups excluding tert-OH is 3. The third-order valence-electron chi connectivity index (χ3n) is 3.20. The van der Waals surface area contributed by atoms with E-state index in [2.05, 4.69) is 5.32 Å². The van der Waals surface area contributed by atoms with Crippen LogP contribution in [0.4, 0.5) is 0 Å². The van der Waals surface area contributed by atoms with Crippen LogP contribution in [0.2, 0.25) is 0 Å². The lowest BCUT2D eigenvalue weighted by Gasteiger charge is -2.43. The average molecular weight is 219 g/mol. The summed E-state index contributed by atoms with van der Waals surface area (Å²) in [5.41, 5.74) is 0. The molecule has 1 heterocycles. The summed E-state index contributed by atoms with van der Waals surface area (Å²) in [6, 6.07) is -0.275. The van der Waals surface area contributed by atoms with Gasteiger partial charge in [-0.15, -0.1) is 0 Å². The van der Waals surface area contributed by atoms with Gasteiger partial charge in [0.2, 0.25) is 0 Å². The Balaban J connectivity index is 2.76. The third-order valence-corrected chi connectivity index (χ3v) is 3.20. The van der Waals surface area contributed by atoms with Crippen molar-refractivity contribution in [2.24, 2.45) is 5.92 Å². The number of nitrogens with one attached hydrogen (secondary N) is 1. The van der Waals surface area contributed by atoms with Crippen LogP contribution in [0, 0.1) is 5.92 Å². The number of ether oxygens (including phenoxy) is 1. The number of likely N-dealkylation sites (N-methyl/N-ethyl adjacent to an activating group) is 1. The molecule has 0 aromatic rings. The second kappa shape index (κ2) is 5.77. The molecule has 5 heteroatoms. The van der Waals surface area contributed by atoms with Crippen molar-refractivity contribution in [3.05, 3.63) is 0 Å². The van der Waals surface area contributed by atoms with Crippen molar-refractivity contribution < 1.29 is 20.1 Å². The molecule has 0 spiro atoms. The lowest BCUT2D eigenvalue weighted by Crippen LogP contribution is -2.61. The van der Waals surface area contributed by atoms with Gasteiger partial charge in [0.05, 0.1) is 37.6 Å². The first-order valence-electron chi connectivity index (χ1n) is 5.42. The Morgan fingerprint density at radius 1 is 1.20 bits per heavy atom. The van der Waals surface area contributed by atoms with E-state index in [4.69, 9.17) is 14.9 Å². The van der Waals surface area contributed by atoms with Crippen LogP contribution in [0.25, 0.3) is 0 Å². The molecule has 0 amide bonds. The molecule has 1 saturated heterocycles. The maximum atomic E-state index is 10.1. The normalized spacial score (nSPS) is 41.8. The van der Waals surface area contributed by atoms with E-state index in [1.807, 2.05) is 6.92 Å². The van der Waals surface area contributed by atoms with E-state index in [0.29, 0.717) is 0 Å². The third kappa shape index (κ3) is 2.49. The fraction of sp³-hybridized carbons (Fsp3) is 1.00. The lowest BCUT2D eigenvalue weighted by molar-refractivity contribution is -0.176. The lowest BCUT2D eigenvalue weighted by atomic mass is 9.84. The van der Waals surface area contributed by atoms with Crippen molar-refractivity contribution in [3.63, 3.8) is 0 Å². The van der Waals surface area contributed by atoms with Gasteiger partial charge in [-0.3, -0.25) is 0 Å². The summed E-state index contributed by atoms with van der Waals surface area (Å²) >= 11 is 0. The molecule has 0 bridgehead atoms. The first-order chi connectivity index (χ1) is 7.19. The van der Waals surface area contributed by atoms with Crippen LogP contribution in [-0.4, -0.2) is 59.9 Å². The quantitative estimate of drug-likeness (QED) is 0.473. The highest BCUT2D eigenvalue weighted by Gasteiger charge is 2.42. The van der Waals surface area contributed by atoms with E-state index >= 15 is 0 Å². The molecule has 5 nitrogen and oxygen atoms in total. The highest BCUT2D eigenvalue weighted by molar-refractivity contribution is 4.94. The smallest absolute Gasteiger partial charge is 0.0988 e. The first kappa shape index (κ1) is 12.9. The van der Waals surface area contributed by atoms with Gasteiger partial charge in [0.25, 0.3) is 0 Å². The van der Waals surface area contributed by atoms with Gasteiger partial charge in [-0.1, -0.05) is 6.92 Å². The molecule has 1 aliphatic heterocycles. The van der Waals surface area contributed by atoms with E-state index in [-0.39, 0.29) is 31.3 Å². The fourth-order valence-corrected chi connectivity index (χ4v) is 2.31. The number of aliphatic hydroxyl groups is 3. The largest absolute Gasteiger partial charge is 0.394 e. The summed E-state index contributed by atoms with van der Waals surface area (Å²) in [5, 5.41) is 31.3. The second-order valence-corrected chi connectivity index (χ2v) is 3.96. The summed E-state index contributed by atoms with van der Waals surface area (Å²) in [7, 11) is 1.73. The van der Waals surface area contributed by atoms with Crippen molar-refractivity contribution in [2.45, 2.75) is 37.7 Å². The van der Waals surface area contributed by atoms with Crippen LogP contribution in [-0.2, 0) is 4.74 Å². The molecule has 0 aliphatic carbocycles. The molecule has 0 radical (unpaired) electrons. The Labute approximate surface area is 90.1 Å². The van der Waals surface area contributed by atoms with Gasteiger partial charge in [-0.05, 0) is 13.5 Å². The predicted octanol–water partition coefficient (Wildman–Crippen LogP) is -1.29. The zero-order valence-electron chi connectivity index (χ0n) is 9.26. The topological polar surface area (TPSA) is 82.0 Å². The van der Waals surface area contributed by atoms with E-state index in [1.165, 1.54) is 0 Å². The number of hydrogen-bond donors (Lipinski definition) is 4. The fourth-order valence-electron chi connectivity index (χ4n) is 2.31. The van der Waals surface area contributed by atoms with Crippen LogP contribution in [0.5, 0.6) is 0 Å². The van der Waals surface area contributed by atoms with Gasteiger partial charge in [0.15, 0.2) is 0 Å². The maximum Gasteiger partial charge on any atom is 0.0988 e. The van der Waals surface area contributed by atoms with E-state index in [9.17, 15) is 5.11 Å². The Morgan fingerprint density at radius 2 is 1.80 bits per heavy atom. The molecule has 0 aromatic heterocycles. The van der Waals surface area contributed by atoms with Crippen LogP contribution in [0.1, 0.15) is 13.3 Å². The van der Waals surface area contributed by atoms with Gasteiger partial charge in [0.1, 0.15) is 0 Å². The molecule has 90 valence electrons. The standard InChI is InChI=1S/C10H21NO4/c1-3-6-7(4-12)15-8(5-13)9(11-2)10(6)14/h6-14H,3-5H2,1-2H3/t6-,7?,8?,9-,10-/m1/s1. The minimum absolute atomic E-state index is 0.0877. The van der Waals surface area contributed by atoms with Crippen molar-refractivity contribution in [1.82, 2.24) is 5.32 Å². The van der Waals surface area contributed by atoms with Gasteiger partial charge in [-0.2, -0.15) is 0 Å². The Hall–Kier alpha value is -0.200. The minimum Gasteiger partial charge on any atom is -0.394 e. The van der Waals surface area contributed by atoms with Crippen molar-refractivity contribution >= 4 is 0 Å². The predicted molar refractivity (Wildman–Crippen MR) is 55.5 cm³/mol. The van der Waals surface area contributed by atoms with Crippen LogP contribution in [0.3, 0.4) is 0 Å². The van der Waals surface area contributed by atoms with Gasteiger partial charge in [0, 0.05) is 5.92 Å². The molecule has 2 unspecified atom stereocenters. The minimum atomic E-state index is -0.594. The van der Waals surface area contributed by atoms with Gasteiger partial charge >= 0.3 is 0 Å². The second-order valence-electron chi connectivity index (χ2n) is 3.96. The molecule has 5 atom stereocenters. The summed E-state index contributed by atoms with van der Waals surface area (Å²) in [6.45, 7) is 1.67. The number of rotatable bonds is 4. The maximum absolute atomic E-state index is 10.1. The molecule has 1 aliphatic rings. The van der Waals surface area contributed by atoms with Crippen molar-refractivity contribution in [1.29, 1.82) is 0 Å². The average Bonchev–Trinajstić information content (AvgIpc) is 2.27. The SMILES string of the molecule is CC[C@@H]1C(CO)OC(CO)[C@@H](NC)[C@@H]1O. The molecule has 4 N–H and O–H groups in total. The monoisotopic (exact) mass is 219 g/mol. The van der Waals surface area contributed by atoms with Crippen LogP contribution < -0.4 is 5.32 Å². The Morgan fingerprint density at radius 3 is 2.20 bits per heavy atom. The van der Waals surface area contributed by atoms with Crippen molar-refractivity contribution in [2.75, 3.05) is 20.3 Å². The van der Waals surface area contributed by atoms with E-state index in [0.717, 1.165) is 6.42 Å². The van der Waals surface area contributed by atoms with Crippen LogP contribution in [0.15, 0.2) is 0 Å². The van der Waals surface area contributed by atoms with E-state index in [1.54, 1.807) is 7.05 Å². The molecule has 15 heavy (non-hydrogen) atoms. The molecule has 1 fully saturated rings. The zero-order chi connectivity index (χ0) is 11.4.